The van der Waals surface area contributed by atoms with E-state index in [9.17, 15) is 10.1 Å². The quantitative estimate of drug-likeness (QED) is 0.499. The van der Waals surface area contributed by atoms with Crippen LogP contribution in [0.3, 0.4) is 0 Å². The van der Waals surface area contributed by atoms with E-state index in [0.717, 1.165) is 5.56 Å². The first-order valence-corrected chi connectivity index (χ1v) is 5.68. The fourth-order valence-electron chi connectivity index (χ4n) is 1.38. The van der Waals surface area contributed by atoms with Crippen LogP contribution in [0.5, 0.6) is 0 Å². The number of pyridine rings is 1. The van der Waals surface area contributed by atoms with E-state index in [1.54, 1.807) is 18.5 Å². The molecule has 0 atom stereocenters. The zero-order valence-corrected chi connectivity index (χ0v) is 10.7. The Balaban J connectivity index is 2.18. The fraction of sp³-hybridized carbons (Fsp3) is 0.111. The van der Waals surface area contributed by atoms with Crippen molar-refractivity contribution in [2.45, 2.75) is 6.54 Å². The molecule has 0 aliphatic heterocycles. The highest BCUT2D eigenvalue weighted by atomic mass is 79.9. The van der Waals surface area contributed by atoms with E-state index < -0.39 is 4.92 Å². The smallest absolute Gasteiger partial charge is 0.358 e. The molecular weight excluding hydrogens is 304 g/mol. The largest absolute Gasteiger partial charge is 0.404 e. The van der Waals surface area contributed by atoms with Gasteiger partial charge in [0.25, 0.3) is 0 Å². The van der Waals surface area contributed by atoms with E-state index in [1.807, 2.05) is 6.07 Å². The Bertz CT molecular complexity index is 567. The van der Waals surface area contributed by atoms with Gasteiger partial charge in [-0.15, -0.1) is 0 Å². The summed E-state index contributed by atoms with van der Waals surface area (Å²) in [6, 6.07) is 3.52. The van der Waals surface area contributed by atoms with Crippen LogP contribution in [0.1, 0.15) is 5.56 Å². The average molecular weight is 313 g/mol. The van der Waals surface area contributed by atoms with Gasteiger partial charge in [0, 0.05) is 6.20 Å². The lowest BCUT2D eigenvalue weighted by Gasteiger charge is -2.00. The Morgan fingerprint density at radius 1 is 1.56 bits per heavy atom. The first-order chi connectivity index (χ1) is 8.60. The summed E-state index contributed by atoms with van der Waals surface area (Å²) >= 11 is 3.09. The minimum Gasteiger partial charge on any atom is -0.358 e. The van der Waals surface area contributed by atoms with Gasteiger partial charge >= 0.3 is 5.82 Å². The van der Waals surface area contributed by atoms with E-state index in [4.69, 9.17) is 5.84 Å². The molecule has 0 amide bonds. The predicted molar refractivity (Wildman–Crippen MR) is 67.7 cm³/mol. The summed E-state index contributed by atoms with van der Waals surface area (Å²) in [6.07, 6.45) is 3.17. The summed E-state index contributed by atoms with van der Waals surface area (Å²) in [5.74, 6) is 5.54. The molecule has 0 saturated carbocycles. The molecule has 8 nitrogen and oxygen atoms in total. The third-order valence-electron chi connectivity index (χ3n) is 2.19. The number of hydrogen-bond donors (Lipinski definition) is 2. The highest BCUT2D eigenvalue weighted by molar-refractivity contribution is 9.10. The summed E-state index contributed by atoms with van der Waals surface area (Å²) in [5.41, 5.74) is 3.28. The van der Waals surface area contributed by atoms with Gasteiger partial charge in [0.1, 0.15) is 10.3 Å². The fourth-order valence-corrected chi connectivity index (χ4v) is 1.84. The van der Waals surface area contributed by atoms with Crippen molar-refractivity contribution in [3.05, 3.63) is 44.7 Å². The van der Waals surface area contributed by atoms with Crippen molar-refractivity contribution in [1.82, 2.24) is 14.8 Å². The SMILES string of the molecule is NNc1ccc(Cn2cc(Br)c([N+](=O)[O-])n2)cn1. The number of nitrogen functional groups attached to an aromatic ring is 1. The van der Waals surface area contributed by atoms with Crippen molar-refractivity contribution in [2.75, 3.05) is 5.43 Å². The molecule has 0 aliphatic carbocycles. The van der Waals surface area contributed by atoms with Crippen LogP contribution >= 0.6 is 15.9 Å². The maximum atomic E-state index is 10.6. The van der Waals surface area contributed by atoms with Crippen LogP contribution in [0.2, 0.25) is 0 Å². The summed E-state index contributed by atoms with van der Waals surface area (Å²) in [7, 11) is 0. The molecule has 0 aliphatic rings. The Morgan fingerprint density at radius 2 is 2.33 bits per heavy atom. The van der Waals surface area contributed by atoms with Crippen LogP contribution in [0.15, 0.2) is 29.0 Å². The third-order valence-corrected chi connectivity index (χ3v) is 2.75. The molecule has 2 aromatic rings. The molecule has 0 fully saturated rings. The number of nitrogens with zero attached hydrogens (tertiary/aromatic N) is 4. The minimum atomic E-state index is -0.541. The van der Waals surface area contributed by atoms with E-state index in [2.05, 4.69) is 31.4 Å². The normalized spacial score (nSPS) is 10.3. The summed E-state index contributed by atoms with van der Waals surface area (Å²) in [4.78, 5) is 14.1. The monoisotopic (exact) mass is 312 g/mol. The van der Waals surface area contributed by atoms with Gasteiger partial charge < -0.3 is 15.5 Å². The molecule has 0 aromatic carbocycles. The maximum Gasteiger partial charge on any atom is 0.404 e. The van der Waals surface area contributed by atoms with Crippen molar-refractivity contribution < 1.29 is 4.92 Å². The zero-order valence-electron chi connectivity index (χ0n) is 9.08. The number of aromatic nitrogens is 3. The Morgan fingerprint density at radius 3 is 2.83 bits per heavy atom. The lowest BCUT2D eigenvalue weighted by atomic mass is 10.3. The van der Waals surface area contributed by atoms with E-state index in [-0.39, 0.29) is 5.82 Å². The predicted octanol–water partition coefficient (Wildman–Crippen LogP) is 1.28. The number of anilines is 1. The van der Waals surface area contributed by atoms with E-state index in [0.29, 0.717) is 16.8 Å². The zero-order chi connectivity index (χ0) is 13.1. The molecule has 0 radical (unpaired) electrons. The second-order valence-corrected chi connectivity index (χ2v) is 4.31. The van der Waals surface area contributed by atoms with Gasteiger partial charge in [-0.05, 0) is 32.5 Å². The van der Waals surface area contributed by atoms with Crippen molar-refractivity contribution in [3.63, 3.8) is 0 Å². The van der Waals surface area contributed by atoms with E-state index >= 15 is 0 Å². The number of rotatable bonds is 4. The van der Waals surface area contributed by atoms with Crippen molar-refractivity contribution >= 4 is 27.6 Å². The van der Waals surface area contributed by atoms with Gasteiger partial charge in [-0.2, -0.15) is 4.68 Å². The van der Waals surface area contributed by atoms with Gasteiger partial charge in [0.05, 0.1) is 17.8 Å². The molecular formula is C9H9BrN6O2. The Kier molecular flexibility index (Phi) is 3.53. The van der Waals surface area contributed by atoms with Gasteiger partial charge in [-0.25, -0.2) is 10.8 Å². The highest BCUT2D eigenvalue weighted by Crippen LogP contribution is 2.22. The standard InChI is InChI=1S/C9H9BrN6O2/c10-7-5-15(14-9(7)16(17)18)4-6-1-2-8(13-11)12-3-6/h1-3,5H,4,11H2,(H,12,13). The van der Waals surface area contributed by atoms with Gasteiger partial charge in [-0.1, -0.05) is 6.07 Å². The summed E-state index contributed by atoms with van der Waals surface area (Å²) in [6.45, 7) is 0.393. The van der Waals surface area contributed by atoms with Gasteiger partial charge in [0.2, 0.25) is 0 Å². The molecule has 0 spiro atoms. The number of nitro groups is 1. The first-order valence-electron chi connectivity index (χ1n) is 4.89. The number of hydrazine groups is 1. The van der Waals surface area contributed by atoms with Crippen molar-refractivity contribution in [2.24, 2.45) is 5.84 Å². The molecule has 3 N–H and O–H groups in total. The lowest BCUT2D eigenvalue weighted by molar-refractivity contribution is -0.390. The molecule has 0 unspecified atom stereocenters. The molecule has 18 heavy (non-hydrogen) atoms. The Labute approximate surface area is 110 Å². The van der Waals surface area contributed by atoms with Crippen LogP contribution in [-0.2, 0) is 6.54 Å². The summed E-state index contributed by atoms with van der Waals surface area (Å²) in [5, 5.41) is 14.5. The highest BCUT2D eigenvalue weighted by Gasteiger charge is 2.18. The Hall–Kier alpha value is -2.00. The number of halogens is 1. The van der Waals surface area contributed by atoms with E-state index in [1.165, 1.54) is 4.68 Å². The van der Waals surface area contributed by atoms with Crippen molar-refractivity contribution in [1.29, 1.82) is 0 Å². The second kappa shape index (κ2) is 5.10. The molecule has 9 heteroatoms. The molecule has 94 valence electrons. The van der Waals surface area contributed by atoms with Crippen LogP contribution in [0.4, 0.5) is 11.6 Å². The second-order valence-electron chi connectivity index (χ2n) is 3.45. The minimum absolute atomic E-state index is 0.205. The third kappa shape index (κ3) is 2.63. The van der Waals surface area contributed by atoms with Crippen LogP contribution in [-0.4, -0.2) is 19.7 Å². The molecule has 0 bridgehead atoms. The van der Waals surface area contributed by atoms with Crippen LogP contribution in [0, 0.1) is 10.1 Å². The maximum absolute atomic E-state index is 10.6. The summed E-state index contributed by atoms with van der Waals surface area (Å²) < 4.78 is 1.81. The molecule has 2 aromatic heterocycles. The molecule has 2 rings (SSSR count). The van der Waals surface area contributed by atoms with Crippen LogP contribution < -0.4 is 11.3 Å². The van der Waals surface area contributed by atoms with Gasteiger partial charge in [-0.3, -0.25) is 0 Å². The van der Waals surface area contributed by atoms with Gasteiger partial charge in [0.15, 0.2) is 0 Å². The molecule has 2 heterocycles. The van der Waals surface area contributed by atoms with Crippen molar-refractivity contribution in [3.8, 4) is 0 Å². The topological polar surface area (TPSA) is 112 Å². The lowest BCUT2D eigenvalue weighted by Crippen LogP contribution is -2.08. The molecule has 0 saturated heterocycles. The number of hydrogen-bond acceptors (Lipinski definition) is 6. The average Bonchev–Trinajstić information content (AvgIpc) is 2.71. The van der Waals surface area contributed by atoms with Crippen LogP contribution in [0.25, 0.3) is 0 Å². The number of nitrogens with one attached hydrogen (secondary N) is 1. The number of nitrogens with two attached hydrogens (primary N) is 1. The first kappa shape index (κ1) is 12.5.